The topological polar surface area (TPSA) is 82.8 Å². The van der Waals surface area contributed by atoms with Crippen molar-refractivity contribution in [1.29, 1.82) is 5.26 Å². The first kappa shape index (κ1) is 22.5. The second kappa shape index (κ2) is 9.55. The summed E-state index contributed by atoms with van der Waals surface area (Å²) in [4.78, 5) is 13.7. The molecule has 1 aliphatic carbocycles. The van der Waals surface area contributed by atoms with Crippen molar-refractivity contribution in [2.24, 2.45) is 0 Å². The van der Waals surface area contributed by atoms with Gasteiger partial charge in [-0.2, -0.15) is 5.26 Å². The number of carboxylic acids is 1. The van der Waals surface area contributed by atoms with Crippen LogP contribution >= 0.6 is 0 Å². The maximum atomic E-state index is 11.3. The van der Waals surface area contributed by atoms with Gasteiger partial charge in [0.1, 0.15) is 28.9 Å². The second-order valence-electron chi connectivity index (χ2n) is 8.77. The molecule has 6 heteroatoms. The van der Waals surface area contributed by atoms with Gasteiger partial charge in [0.05, 0.1) is 6.61 Å². The number of carboxylic acid groups (broad SMARTS) is 1. The minimum atomic E-state index is -1.21. The Labute approximate surface area is 204 Å². The molecular weight excluding hydrogens is 440 g/mol. The number of rotatable bonds is 7. The van der Waals surface area contributed by atoms with E-state index in [1.807, 2.05) is 61.5 Å². The smallest absolute Gasteiger partial charge is 0.346 e. The fourth-order valence-electron chi connectivity index (χ4n) is 5.19. The van der Waals surface area contributed by atoms with E-state index < -0.39 is 5.97 Å². The quantitative estimate of drug-likeness (QED) is 0.310. The molecule has 3 aromatic rings. The SMILES string of the molecule is CCOc1ccc(Oc2ccc(N3c4ccc(C=C(C#N)C(=O)O)cc4C4CCCC43)cc2)cc1. The molecule has 0 saturated heterocycles. The largest absolute Gasteiger partial charge is 0.494 e. The monoisotopic (exact) mass is 466 g/mol. The highest BCUT2D eigenvalue weighted by atomic mass is 16.5. The van der Waals surface area contributed by atoms with E-state index in [9.17, 15) is 9.90 Å². The van der Waals surface area contributed by atoms with Gasteiger partial charge in [-0.1, -0.05) is 12.5 Å². The van der Waals surface area contributed by atoms with Gasteiger partial charge in [0.25, 0.3) is 0 Å². The highest BCUT2D eigenvalue weighted by molar-refractivity contribution is 5.96. The van der Waals surface area contributed by atoms with Crippen LogP contribution in [-0.2, 0) is 4.79 Å². The predicted octanol–water partition coefficient (Wildman–Crippen LogP) is 6.66. The van der Waals surface area contributed by atoms with Gasteiger partial charge in [-0.25, -0.2) is 4.79 Å². The van der Waals surface area contributed by atoms with Crippen LogP contribution < -0.4 is 14.4 Å². The number of ether oxygens (including phenoxy) is 2. The Bertz CT molecular complexity index is 1310. The number of nitrogens with zero attached hydrogens (tertiary/aromatic N) is 2. The molecule has 176 valence electrons. The van der Waals surface area contributed by atoms with Crippen molar-refractivity contribution in [2.75, 3.05) is 11.5 Å². The third-order valence-electron chi connectivity index (χ3n) is 6.67. The lowest BCUT2D eigenvalue weighted by atomic mass is 9.95. The van der Waals surface area contributed by atoms with Gasteiger partial charge in [0.15, 0.2) is 0 Å². The number of aliphatic carboxylic acids is 1. The minimum absolute atomic E-state index is 0.258. The second-order valence-corrected chi connectivity index (χ2v) is 8.77. The normalized spacial score (nSPS) is 18.5. The Hall–Kier alpha value is -4.24. The zero-order valence-electron chi connectivity index (χ0n) is 19.5. The van der Waals surface area contributed by atoms with Crippen molar-refractivity contribution in [2.45, 2.75) is 38.1 Å². The van der Waals surface area contributed by atoms with E-state index in [4.69, 9.17) is 14.7 Å². The van der Waals surface area contributed by atoms with Crippen LogP contribution in [0, 0.1) is 11.3 Å². The summed E-state index contributed by atoms with van der Waals surface area (Å²) in [5.41, 5.74) is 3.95. The molecule has 1 saturated carbocycles. The summed E-state index contributed by atoms with van der Waals surface area (Å²) >= 11 is 0. The number of fused-ring (bicyclic) bond motifs is 3. The van der Waals surface area contributed by atoms with Gasteiger partial charge in [-0.15, -0.1) is 0 Å². The van der Waals surface area contributed by atoms with Gasteiger partial charge in [-0.3, -0.25) is 0 Å². The molecule has 0 amide bonds. The Morgan fingerprint density at radius 2 is 1.74 bits per heavy atom. The first-order valence-corrected chi connectivity index (χ1v) is 11.9. The van der Waals surface area contributed by atoms with Crippen LogP contribution in [0.15, 0.2) is 72.3 Å². The van der Waals surface area contributed by atoms with E-state index in [2.05, 4.69) is 17.0 Å². The third-order valence-corrected chi connectivity index (χ3v) is 6.67. The Kier molecular flexibility index (Phi) is 6.15. The summed E-state index contributed by atoms with van der Waals surface area (Å²) in [6, 6.07) is 23.8. The zero-order valence-corrected chi connectivity index (χ0v) is 19.5. The average molecular weight is 467 g/mol. The van der Waals surface area contributed by atoms with Crippen LogP contribution in [-0.4, -0.2) is 23.7 Å². The van der Waals surface area contributed by atoms with Crippen molar-refractivity contribution >= 4 is 23.4 Å². The van der Waals surface area contributed by atoms with E-state index >= 15 is 0 Å². The van der Waals surface area contributed by atoms with Crippen molar-refractivity contribution in [3.05, 3.63) is 83.4 Å². The van der Waals surface area contributed by atoms with Crippen LogP contribution in [0.3, 0.4) is 0 Å². The first-order chi connectivity index (χ1) is 17.1. The molecule has 6 nitrogen and oxygen atoms in total. The standard InChI is InChI=1S/C29H26N2O4/c1-2-34-22-11-13-24(14-12-22)35-23-9-7-21(8-10-23)31-27-5-3-4-25(27)26-17-19(6-15-28(26)31)16-20(18-30)29(32)33/h6-17,25,27H,2-5H2,1H3,(H,32,33). The van der Waals surface area contributed by atoms with Crippen molar-refractivity contribution in [3.8, 4) is 23.3 Å². The molecule has 3 aromatic carbocycles. The molecule has 5 rings (SSSR count). The number of benzene rings is 3. The number of carbonyl (C=O) groups is 1. The van der Waals surface area contributed by atoms with Crippen molar-refractivity contribution in [3.63, 3.8) is 0 Å². The third kappa shape index (κ3) is 4.45. The predicted molar refractivity (Wildman–Crippen MR) is 134 cm³/mol. The molecule has 0 aromatic heterocycles. The van der Waals surface area contributed by atoms with Gasteiger partial charge < -0.3 is 19.5 Å². The molecule has 0 radical (unpaired) electrons. The van der Waals surface area contributed by atoms with E-state index in [1.165, 1.54) is 11.6 Å². The number of hydrogen-bond acceptors (Lipinski definition) is 5. The van der Waals surface area contributed by atoms with Crippen LogP contribution in [0.1, 0.15) is 43.2 Å². The summed E-state index contributed by atoms with van der Waals surface area (Å²) in [6.45, 7) is 2.59. The number of nitriles is 1. The van der Waals surface area contributed by atoms with E-state index in [1.54, 1.807) is 6.07 Å². The molecule has 2 aliphatic rings. The Morgan fingerprint density at radius 3 is 2.40 bits per heavy atom. The molecule has 1 N–H and O–H groups in total. The van der Waals surface area contributed by atoms with Crippen LogP contribution in [0.25, 0.3) is 6.08 Å². The molecule has 0 spiro atoms. The summed E-state index contributed by atoms with van der Waals surface area (Å²) in [6.07, 6.45) is 4.81. The molecule has 2 atom stereocenters. The molecule has 2 unspecified atom stereocenters. The van der Waals surface area contributed by atoms with Crippen LogP contribution in [0.4, 0.5) is 11.4 Å². The Morgan fingerprint density at radius 1 is 1.06 bits per heavy atom. The fraction of sp³-hybridized carbons (Fsp3) is 0.241. The van der Waals surface area contributed by atoms with Crippen molar-refractivity contribution in [1.82, 2.24) is 0 Å². The summed E-state index contributed by atoms with van der Waals surface area (Å²) in [7, 11) is 0. The molecule has 1 aliphatic heterocycles. The van der Waals surface area contributed by atoms with E-state index in [-0.39, 0.29) is 5.57 Å². The lowest BCUT2D eigenvalue weighted by Gasteiger charge is -2.27. The van der Waals surface area contributed by atoms with Crippen molar-refractivity contribution < 1.29 is 19.4 Å². The summed E-state index contributed by atoms with van der Waals surface area (Å²) in [5, 5.41) is 18.3. The van der Waals surface area contributed by atoms with Crippen LogP contribution in [0.5, 0.6) is 17.2 Å². The van der Waals surface area contributed by atoms with Gasteiger partial charge in [0, 0.05) is 23.3 Å². The lowest BCUT2D eigenvalue weighted by molar-refractivity contribution is -0.132. The highest BCUT2D eigenvalue weighted by Gasteiger charge is 2.42. The number of anilines is 2. The van der Waals surface area contributed by atoms with E-state index in [0.717, 1.165) is 53.4 Å². The number of hydrogen-bond donors (Lipinski definition) is 1. The van der Waals surface area contributed by atoms with Gasteiger partial charge in [-0.05, 0) is 97.6 Å². The zero-order chi connectivity index (χ0) is 24.4. The van der Waals surface area contributed by atoms with Gasteiger partial charge in [0.2, 0.25) is 0 Å². The molecule has 1 heterocycles. The maximum Gasteiger partial charge on any atom is 0.346 e. The molecule has 0 bridgehead atoms. The Balaban J connectivity index is 1.39. The molecular formula is C29H26N2O4. The average Bonchev–Trinajstić information content (AvgIpc) is 3.45. The lowest BCUT2D eigenvalue weighted by Crippen LogP contribution is -2.26. The molecule has 1 fully saturated rings. The van der Waals surface area contributed by atoms with E-state index in [0.29, 0.717) is 18.6 Å². The fourth-order valence-corrected chi connectivity index (χ4v) is 5.19. The highest BCUT2D eigenvalue weighted by Crippen LogP contribution is 2.52. The first-order valence-electron chi connectivity index (χ1n) is 11.9. The van der Waals surface area contributed by atoms with Gasteiger partial charge >= 0.3 is 5.97 Å². The summed E-state index contributed by atoms with van der Waals surface area (Å²) in [5.74, 6) is 1.52. The maximum absolute atomic E-state index is 11.3. The molecule has 35 heavy (non-hydrogen) atoms. The summed E-state index contributed by atoms with van der Waals surface area (Å²) < 4.78 is 11.5. The van der Waals surface area contributed by atoms with Crippen LogP contribution in [0.2, 0.25) is 0 Å². The minimum Gasteiger partial charge on any atom is -0.494 e.